The normalized spacial score (nSPS) is 23.1. The molecule has 106 valence electrons. The molecule has 0 fully saturated rings. The van der Waals surface area contributed by atoms with Gasteiger partial charge in [0.25, 0.3) is 5.91 Å². The topological polar surface area (TPSA) is 56.1 Å². The van der Waals surface area contributed by atoms with E-state index in [0.717, 1.165) is 16.8 Å². The van der Waals surface area contributed by atoms with Gasteiger partial charge in [0.1, 0.15) is 5.69 Å². The van der Waals surface area contributed by atoms with Crippen LogP contribution in [0.5, 0.6) is 5.88 Å². The maximum absolute atomic E-state index is 12.3. The molecule has 0 radical (unpaired) electrons. The van der Waals surface area contributed by atoms with E-state index in [9.17, 15) is 18.0 Å². The maximum Gasteiger partial charge on any atom is 0.422 e. The molecule has 20 heavy (non-hydrogen) atoms. The van der Waals surface area contributed by atoms with Gasteiger partial charge < -0.3 is 14.6 Å². The van der Waals surface area contributed by atoms with E-state index in [4.69, 9.17) is 5.48 Å². The number of nitrogens with one attached hydrogen (secondary N) is 1. The zero-order valence-corrected chi connectivity index (χ0v) is 9.78. The van der Waals surface area contributed by atoms with E-state index in [1.165, 1.54) is 6.07 Å². The standard InChI is InChI=1S/C12H10F3N3O2/c13-12(14,15)6-20-11-7-5-9-10(19)16-3-4-18(9)8(7)1-2-17-11/h1-2,5H,3-4,6H2,(H,16,19)/i3D2,4D2. The van der Waals surface area contributed by atoms with Crippen LogP contribution in [0, 0.1) is 0 Å². The van der Waals surface area contributed by atoms with E-state index >= 15 is 0 Å². The molecule has 0 saturated carbocycles. The van der Waals surface area contributed by atoms with E-state index < -0.39 is 37.6 Å². The molecule has 8 heteroatoms. The number of hydrogen-bond donors (Lipinski definition) is 1. The SMILES string of the molecule is [2H]C1([2H])NC(=O)c2cc3c(OCC(F)(F)F)nccc3n2C1([2H])[2H]. The zero-order chi connectivity index (χ0) is 17.9. The van der Waals surface area contributed by atoms with Crippen LogP contribution in [-0.4, -0.2) is 34.7 Å². The average molecular weight is 289 g/mol. The summed E-state index contributed by atoms with van der Waals surface area (Å²) in [5, 5.41) is 1.88. The predicted molar refractivity (Wildman–Crippen MR) is 63.6 cm³/mol. The molecule has 1 amide bonds. The minimum absolute atomic E-state index is 0.000833. The molecule has 5 nitrogen and oxygen atoms in total. The van der Waals surface area contributed by atoms with Gasteiger partial charge >= 0.3 is 6.18 Å². The van der Waals surface area contributed by atoms with Gasteiger partial charge in [0, 0.05) is 19.2 Å². The Morgan fingerprint density at radius 1 is 1.55 bits per heavy atom. The summed E-state index contributed by atoms with van der Waals surface area (Å²) in [5.74, 6) is -1.32. The lowest BCUT2D eigenvalue weighted by molar-refractivity contribution is -0.153. The van der Waals surface area contributed by atoms with Gasteiger partial charge in [-0.05, 0) is 12.1 Å². The van der Waals surface area contributed by atoms with E-state index in [-0.39, 0.29) is 16.6 Å². The van der Waals surface area contributed by atoms with Crippen LogP contribution in [-0.2, 0) is 6.50 Å². The highest BCUT2D eigenvalue weighted by molar-refractivity contribution is 6.00. The van der Waals surface area contributed by atoms with Crippen LogP contribution >= 0.6 is 0 Å². The van der Waals surface area contributed by atoms with Gasteiger partial charge in [-0.3, -0.25) is 4.79 Å². The van der Waals surface area contributed by atoms with Crippen molar-refractivity contribution in [2.45, 2.75) is 12.7 Å². The summed E-state index contributed by atoms with van der Waals surface area (Å²) >= 11 is 0. The Kier molecular flexibility index (Phi) is 1.94. The molecule has 1 aliphatic rings. The average Bonchev–Trinajstić information content (AvgIpc) is 2.83. The second kappa shape index (κ2) is 4.39. The van der Waals surface area contributed by atoms with E-state index in [1.807, 2.05) is 5.32 Å². The zero-order valence-electron chi connectivity index (χ0n) is 13.8. The number of fused-ring (bicyclic) bond motifs is 3. The van der Waals surface area contributed by atoms with Crippen LogP contribution in [0.15, 0.2) is 18.3 Å². The van der Waals surface area contributed by atoms with Gasteiger partial charge in [-0.25, -0.2) is 4.98 Å². The lowest BCUT2D eigenvalue weighted by Crippen LogP contribution is -2.34. The van der Waals surface area contributed by atoms with Crippen LogP contribution in [0.25, 0.3) is 10.9 Å². The lowest BCUT2D eigenvalue weighted by Gasteiger charge is -2.16. The highest BCUT2D eigenvalue weighted by atomic mass is 19.4. The van der Waals surface area contributed by atoms with E-state index in [1.54, 1.807) is 0 Å². The van der Waals surface area contributed by atoms with Crippen LogP contribution in [0.4, 0.5) is 13.2 Å². The number of halogens is 3. The number of amides is 1. The summed E-state index contributed by atoms with van der Waals surface area (Å²) in [5.41, 5.74) is -0.240. The highest BCUT2D eigenvalue weighted by Gasteiger charge is 2.29. The van der Waals surface area contributed by atoms with Crippen molar-refractivity contribution in [3.05, 3.63) is 24.0 Å². The smallest absolute Gasteiger partial charge is 0.422 e. The Hall–Kier alpha value is -2.25. The van der Waals surface area contributed by atoms with Crippen molar-refractivity contribution in [2.75, 3.05) is 13.1 Å². The number of rotatable bonds is 2. The lowest BCUT2D eigenvalue weighted by atomic mass is 10.3. The van der Waals surface area contributed by atoms with Crippen molar-refractivity contribution in [1.29, 1.82) is 0 Å². The predicted octanol–water partition coefficient (Wildman–Crippen LogP) is 1.72. The molecule has 0 saturated heterocycles. The van der Waals surface area contributed by atoms with Crippen LogP contribution in [0.1, 0.15) is 16.0 Å². The third kappa shape index (κ3) is 2.17. The van der Waals surface area contributed by atoms with Crippen LogP contribution in [0.2, 0.25) is 0 Å². The fourth-order valence-electron chi connectivity index (χ4n) is 1.86. The Balaban J connectivity index is 2.19. The quantitative estimate of drug-likeness (QED) is 0.916. The molecule has 1 N–H and O–H groups in total. The first kappa shape index (κ1) is 8.83. The highest BCUT2D eigenvalue weighted by Crippen LogP contribution is 2.29. The fourth-order valence-corrected chi connectivity index (χ4v) is 1.86. The number of pyridine rings is 1. The van der Waals surface area contributed by atoms with Crippen molar-refractivity contribution in [3.8, 4) is 5.88 Å². The molecule has 0 aromatic carbocycles. The van der Waals surface area contributed by atoms with Crippen LogP contribution < -0.4 is 10.1 Å². The van der Waals surface area contributed by atoms with E-state index in [0.29, 0.717) is 0 Å². The molecule has 2 aromatic rings. The van der Waals surface area contributed by atoms with Gasteiger partial charge in [-0.2, -0.15) is 13.2 Å². The summed E-state index contributed by atoms with van der Waals surface area (Å²) in [7, 11) is 0. The fraction of sp³-hybridized carbons (Fsp3) is 0.333. The number of aromatic nitrogens is 2. The first-order valence-electron chi connectivity index (χ1n) is 7.47. The van der Waals surface area contributed by atoms with Crippen molar-refractivity contribution >= 4 is 16.8 Å². The van der Waals surface area contributed by atoms with Crippen molar-refractivity contribution in [2.24, 2.45) is 0 Å². The number of alkyl halides is 3. The Labute approximate surface area is 117 Å². The number of nitrogens with zero attached hydrogens (tertiary/aromatic N) is 2. The minimum atomic E-state index is -4.59. The molecule has 0 atom stereocenters. The second-order valence-corrected chi connectivity index (χ2v) is 4.01. The minimum Gasteiger partial charge on any atom is -0.468 e. The van der Waals surface area contributed by atoms with Gasteiger partial charge in [-0.15, -0.1) is 0 Å². The van der Waals surface area contributed by atoms with Gasteiger partial charge in [0.05, 0.1) is 16.4 Å². The van der Waals surface area contributed by atoms with Gasteiger partial charge in [-0.1, -0.05) is 0 Å². The molecule has 0 unspecified atom stereocenters. The largest absolute Gasteiger partial charge is 0.468 e. The molecule has 3 heterocycles. The summed E-state index contributed by atoms with van der Waals surface area (Å²) < 4.78 is 73.7. The first-order chi connectivity index (χ1) is 10.9. The summed E-state index contributed by atoms with van der Waals surface area (Å²) in [6, 6.07) is 2.39. The number of carbonyl (C=O) groups excluding carboxylic acids is 1. The number of carbonyl (C=O) groups is 1. The Morgan fingerprint density at radius 3 is 3.10 bits per heavy atom. The summed E-state index contributed by atoms with van der Waals surface area (Å²) in [6.07, 6.45) is -3.49. The van der Waals surface area contributed by atoms with Gasteiger partial charge in [0.2, 0.25) is 5.88 Å². The van der Waals surface area contributed by atoms with Crippen LogP contribution in [0.3, 0.4) is 0 Å². The molecule has 2 aromatic heterocycles. The monoisotopic (exact) mass is 289 g/mol. The molecule has 0 aliphatic carbocycles. The molecule has 0 spiro atoms. The number of hydrogen-bond acceptors (Lipinski definition) is 3. The molecule has 3 rings (SSSR count). The Bertz CT molecular complexity index is 835. The molecular weight excluding hydrogens is 275 g/mol. The van der Waals surface area contributed by atoms with Crippen molar-refractivity contribution in [3.63, 3.8) is 0 Å². The van der Waals surface area contributed by atoms with E-state index in [2.05, 4.69) is 9.72 Å². The summed E-state index contributed by atoms with van der Waals surface area (Å²) in [6.45, 7) is -6.97. The molecular formula is C12H10F3N3O2. The summed E-state index contributed by atoms with van der Waals surface area (Å²) in [4.78, 5) is 15.7. The number of aryl methyl sites for hydroxylation is 1. The number of ether oxygens (including phenoxy) is 1. The van der Waals surface area contributed by atoms with Crippen molar-refractivity contribution in [1.82, 2.24) is 14.9 Å². The third-order valence-electron chi connectivity index (χ3n) is 2.64. The molecule has 1 aliphatic heterocycles. The first-order valence-corrected chi connectivity index (χ1v) is 5.47. The maximum atomic E-state index is 12.3. The van der Waals surface area contributed by atoms with Gasteiger partial charge in [0.15, 0.2) is 6.61 Å². The second-order valence-electron chi connectivity index (χ2n) is 4.01. The Morgan fingerprint density at radius 2 is 2.35 bits per heavy atom. The third-order valence-corrected chi connectivity index (χ3v) is 2.64. The van der Waals surface area contributed by atoms with Crippen molar-refractivity contribution < 1.29 is 28.2 Å². The molecule has 0 bridgehead atoms.